The molecule has 0 saturated carbocycles. The molecule has 0 radical (unpaired) electrons. The first kappa shape index (κ1) is 19.6. The number of nitrogens with zero attached hydrogens (tertiary/aromatic N) is 1. The largest absolute Gasteiger partial charge is 0.461 e. The highest BCUT2D eigenvalue weighted by atomic mass is 19.4. The molecular formula is C20H20F3NO2. The van der Waals surface area contributed by atoms with Gasteiger partial charge < -0.3 is 9.64 Å². The van der Waals surface area contributed by atoms with Crippen molar-refractivity contribution >= 4 is 5.97 Å². The van der Waals surface area contributed by atoms with Gasteiger partial charge >= 0.3 is 12.1 Å². The summed E-state index contributed by atoms with van der Waals surface area (Å²) in [5.41, 5.74) is 1.08. The topological polar surface area (TPSA) is 29.5 Å². The summed E-state index contributed by atoms with van der Waals surface area (Å²) in [7, 11) is 0. The molecule has 2 aromatic rings. The summed E-state index contributed by atoms with van der Waals surface area (Å²) in [6.07, 6.45) is -4.62. The maximum Gasteiger partial charge on any atom is 0.411 e. The Kier molecular flexibility index (Phi) is 6.83. The average molecular weight is 363 g/mol. The van der Waals surface area contributed by atoms with E-state index in [9.17, 15) is 18.0 Å². The van der Waals surface area contributed by atoms with E-state index in [-0.39, 0.29) is 25.8 Å². The molecule has 2 rings (SSSR count). The van der Waals surface area contributed by atoms with E-state index in [0.29, 0.717) is 0 Å². The standard InChI is InChI=1S/C20H20F3NO2/c1-2-26-19(25)18(13-20(21,22)23)24(14-16-9-5-3-6-10-16)15-17-11-7-4-8-12-17/h3-13H,2,14-15H2,1H3/b18-13+. The number of halogens is 3. The van der Waals surface area contributed by atoms with Crippen LogP contribution in [0.1, 0.15) is 18.1 Å². The smallest absolute Gasteiger partial charge is 0.411 e. The first-order valence-corrected chi connectivity index (χ1v) is 8.18. The second-order valence-corrected chi connectivity index (χ2v) is 5.62. The molecule has 0 atom stereocenters. The Hall–Kier alpha value is -2.76. The highest BCUT2D eigenvalue weighted by Crippen LogP contribution is 2.24. The van der Waals surface area contributed by atoms with Gasteiger partial charge in [-0.25, -0.2) is 4.79 Å². The van der Waals surface area contributed by atoms with Crippen molar-refractivity contribution in [2.24, 2.45) is 0 Å². The highest BCUT2D eigenvalue weighted by molar-refractivity contribution is 5.87. The van der Waals surface area contributed by atoms with E-state index in [1.165, 1.54) is 4.90 Å². The van der Waals surface area contributed by atoms with Gasteiger partial charge in [-0.05, 0) is 18.1 Å². The number of allylic oxidation sites excluding steroid dienone is 1. The minimum Gasteiger partial charge on any atom is -0.461 e. The highest BCUT2D eigenvalue weighted by Gasteiger charge is 2.30. The second kappa shape index (κ2) is 9.08. The lowest BCUT2D eigenvalue weighted by molar-refractivity contribution is -0.141. The quantitative estimate of drug-likeness (QED) is 0.528. The van der Waals surface area contributed by atoms with E-state index in [4.69, 9.17) is 4.74 Å². The van der Waals surface area contributed by atoms with Crippen LogP contribution in [0.5, 0.6) is 0 Å². The van der Waals surface area contributed by atoms with Crippen molar-refractivity contribution in [1.29, 1.82) is 0 Å². The molecule has 0 amide bonds. The lowest BCUT2D eigenvalue weighted by atomic mass is 10.1. The van der Waals surface area contributed by atoms with Crippen LogP contribution in [0.2, 0.25) is 0 Å². The van der Waals surface area contributed by atoms with Crippen molar-refractivity contribution in [3.8, 4) is 0 Å². The minimum atomic E-state index is -4.63. The molecule has 0 aliphatic rings. The number of carbonyl (C=O) groups excluding carboxylic acids is 1. The molecular weight excluding hydrogens is 343 g/mol. The fraction of sp³-hybridized carbons (Fsp3) is 0.250. The van der Waals surface area contributed by atoms with E-state index in [1.54, 1.807) is 55.5 Å². The lowest BCUT2D eigenvalue weighted by Gasteiger charge is -2.27. The van der Waals surface area contributed by atoms with Crippen LogP contribution in [0.3, 0.4) is 0 Å². The van der Waals surface area contributed by atoms with Crippen LogP contribution in [-0.2, 0) is 22.6 Å². The zero-order valence-corrected chi connectivity index (χ0v) is 14.4. The number of rotatable bonds is 7. The van der Waals surface area contributed by atoms with Crippen molar-refractivity contribution in [2.75, 3.05) is 6.61 Å². The van der Waals surface area contributed by atoms with Gasteiger partial charge in [0.25, 0.3) is 0 Å². The van der Waals surface area contributed by atoms with Crippen LogP contribution in [0.4, 0.5) is 13.2 Å². The molecule has 0 aliphatic carbocycles. The molecule has 0 aliphatic heterocycles. The Morgan fingerprint density at radius 1 is 0.962 bits per heavy atom. The van der Waals surface area contributed by atoms with Gasteiger partial charge in [0.2, 0.25) is 0 Å². The molecule has 0 fully saturated rings. The first-order valence-electron chi connectivity index (χ1n) is 8.18. The Bertz CT molecular complexity index is 686. The van der Waals surface area contributed by atoms with Crippen LogP contribution >= 0.6 is 0 Å². The minimum absolute atomic E-state index is 0.00144. The normalized spacial score (nSPS) is 11.9. The Morgan fingerprint density at radius 3 is 1.81 bits per heavy atom. The van der Waals surface area contributed by atoms with E-state index < -0.39 is 17.8 Å². The average Bonchev–Trinajstić information content (AvgIpc) is 2.60. The van der Waals surface area contributed by atoms with Crippen molar-refractivity contribution in [2.45, 2.75) is 26.2 Å². The Morgan fingerprint density at radius 2 is 1.42 bits per heavy atom. The molecule has 0 bridgehead atoms. The van der Waals surface area contributed by atoms with Gasteiger partial charge in [-0.1, -0.05) is 60.7 Å². The van der Waals surface area contributed by atoms with Crippen molar-refractivity contribution in [1.82, 2.24) is 4.90 Å². The number of hydrogen-bond acceptors (Lipinski definition) is 3. The number of carbonyl (C=O) groups is 1. The Balaban J connectivity index is 2.40. The number of alkyl halides is 3. The monoisotopic (exact) mass is 363 g/mol. The van der Waals surface area contributed by atoms with Crippen molar-refractivity contribution in [3.05, 3.63) is 83.6 Å². The molecule has 0 saturated heterocycles. The molecule has 0 unspecified atom stereocenters. The van der Waals surface area contributed by atoms with Gasteiger partial charge in [-0.15, -0.1) is 0 Å². The zero-order chi connectivity index (χ0) is 19.0. The third kappa shape index (κ3) is 6.27. The van der Waals surface area contributed by atoms with Crippen LogP contribution in [0, 0.1) is 0 Å². The van der Waals surface area contributed by atoms with Gasteiger partial charge in [0.1, 0.15) is 5.70 Å². The molecule has 26 heavy (non-hydrogen) atoms. The summed E-state index contributed by atoms with van der Waals surface area (Å²) >= 11 is 0. The number of hydrogen-bond donors (Lipinski definition) is 0. The molecule has 0 N–H and O–H groups in total. The predicted octanol–water partition coefficient (Wildman–Crippen LogP) is 4.70. The maximum atomic E-state index is 13.0. The molecule has 0 aromatic heterocycles. The van der Waals surface area contributed by atoms with Crippen LogP contribution in [0.15, 0.2) is 72.4 Å². The fourth-order valence-corrected chi connectivity index (χ4v) is 2.47. The molecule has 0 spiro atoms. The third-order valence-corrected chi connectivity index (χ3v) is 3.56. The number of esters is 1. The van der Waals surface area contributed by atoms with Gasteiger partial charge in [-0.3, -0.25) is 0 Å². The molecule has 3 nitrogen and oxygen atoms in total. The van der Waals surface area contributed by atoms with Crippen LogP contribution in [-0.4, -0.2) is 23.7 Å². The van der Waals surface area contributed by atoms with E-state index in [2.05, 4.69) is 0 Å². The maximum absolute atomic E-state index is 13.0. The third-order valence-electron chi connectivity index (χ3n) is 3.56. The number of ether oxygens (including phenoxy) is 1. The van der Waals surface area contributed by atoms with Gasteiger partial charge in [0, 0.05) is 19.2 Å². The number of benzene rings is 2. The summed E-state index contributed by atoms with van der Waals surface area (Å²) in [4.78, 5) is 13.6. The molecule has 138 valence electrons. The molecule has 0 heterocycles. The van der Waals surface area contributed by atoms with E-state index in [0.717, 1.165) is 11.1 Å². The summed E-state index contributed by atoms with van der Waals surface area (Å²) in [6.45, 7) is 1.85. The summed E-state index contributed by atoms with van der Waals surface area (Å²) in [5, 5.41) is 0. The van der Waals surface area contributed by atoms with E-state index >= 15 is 0 Å². The summed E-state index contributed by atoms with van der Waals surface area (Å²) < 4.78 is 44.0. The predicted molar refractivity (Wildman–Crippen MR) is 92.9 cm³/mol. The van der Waals surface area contributed by atoms with Crippen molar-refractivity contribution in [3.63, 3.8) is 0 Å². The zero-order valence-electron chi connectivity index (χ0n) is 14.4. The van der Waals surface area contributed by atoms with Crippen molar-refractivity contribution < 1.29 is 22.7 Å². The van der Waals surface area contributed by atoms with Crippen LogP contribution in [0.25, 0.3) is 0 Å². The van der Waals surface area contributed by atoms with E-state index in [1.807, 2.05) is 12.1 Å². The summed E-state index contributed by atoms with van der Waals surface area (Å²) in [6, 6.07) is 18.0. The fourth-order valence-electron chi connectivity index (χ4n) is 2.47. The second-order valence-electron chi connectivity index (χ2n) is 5.62. The van der Waals surface area contributed by atoms with Crippen LogP contribution < -0.4 is 0 Å². The summed E-state index contributed by atoms with van der Waals surface area (Å²) in [5.74, 6) is -0.989. The molecule has 2 aromatic carbocycles. The first-order chi connectivity index (χ1) is 12.4. The SMILES string of the molecule is CCOC(=O)/C(=C\C(F)(F)F)N(Cc1ccccc1)Cc1ccccc1. The van der Waals surface area contributed by atoms with Gasteiger partial charge in [-0.2, -0.15) is 13.2 Å². The lowest BCUT2D eigenvalue weighted by Crippen LogP contribution is -2.30. The molecule has 6 heteroatoms. The van der Waals surface area contributed by atoms with Gasteiger partial charge in [0.15, 0.2) is 0 Å². The Labute approximate surface area is 150 Å². The van der Waals surface area contributed by atoms with Gasteiger partial charge in [0.05, 0.1) is 6.61 Å².